The quantitative estimate of drug-likeness (QED) is 0.423. The lowest BCUT2D eigenvalue weighted by Gasteiger charge is -2.34. The van der Waals surface area contributed by atoms with Crippen molar-refractivity contribution in [2.45, 2.75) is 44.6 Å². The second-order valence-corrected chi connectivity index (χ2v) is 10.2. The Morgan fingerprint density at radius 2 is 1.97 bits per heavy atom. The Kier molecular flexibility index (Phi) is 5.63. The predicted molar refractivity (Wildman–Crippen MR) is 140 cm³/mol. The minimum absolute atomic E-state index is 0.0331. The zero-order valence-corrected chi connectivity index (χ0v) is 21.4. The molecule has 0 radical (unpaired) electrons. The number of imidazole rings is 1. The monoisotopic (exact) mass is 518 g/mol. The van der Waals surface area contributed by atoms with Gasteiger partial charge in [0.2, 0.25) is 5.91 Å². The molecule has 2 amide bonds. The third-order valence-corrected chi connectivity index (χ3v) is 7.80. The number of nitrogens with one attached hydrogen (secondary N) is 1. The molecule has 2 aliphatic rings. The largest absolute Gasteiger partial charge is 0.382 e. The zero-order chi connectivity index (χ0) is 25.8. The number of anilines is 2. The summed E-state index contributed by atoms with van der Waals surface area (Å²) in [5, 5.41) is 7.51. The Morgan fingerprint density at radius 1 is 1.19 bits per heavy atom. The molecule has 11 heteroatoms. The number of benzene rings is 1. The van der Waals surface area contributed by atoms with E-state index in [1.807, 2.05) is 41.5 Å². The van der Waals surface area contributed by atoms with Crippen LogP contribution in [0.2, 0.25) is 5.15 Å². The minimum atomic E-state index is -0.253. The van der Waals surface area contributed by atoms with Gasteiger partial charge in [0, 0.05) is 54.9 Å². The van der Waals surface area contributed by atoms with Crippen LogP contribution in [0.1, 0.15) is 53.5 Å². The van der Waals surface area contributed by atoms with Crippen LogP contribution in [0.5, 0.6) is 0 Å². The Labute approximate surface area is 218 Å². The molecule has 2 atom stereocenters. The first kappa shape index (κ1) is 23.5. The van der Waals surface area contributed by atoms with Crippen LogP contribution in [0.25, 0.3) is 16.8 Å². The van der Waals surface area contributed by atoms with E-state index < -0.39 is 0 Å². The Bertz CT molecular complexity index is 1520. The van der Waals surface area contributed by atoms with Crippen molar-refractivity contribution in [2.75, 3.05) is 17.6 Å². The molecule has 0 aliphatic carbocycles. The summed E-state index contributed by atoms with van der Waals surface area (Å²) in [5.74, 6) is 1.57. The molecule has 190 valence electrons. The van der Waals surface area contributed by atoms with Crippen LogP contribution < -0.4 is 11.1 Å². The van der Waals surface area contributed by atoms with Crippen molar-refractivity contribution in [1.29, 1.82) is 0 Å². The van der Waals surface area contributed by atoms with Crippen molar-refractivity contribution in [2.24, 2.45) is 7.05 Å². The van der Waals surface area contributed by atoms with E-state index in [-0.39, 0.29) is 17.7 Å². The van der Waals surface area contributed by atoms with Gasteiger partial charge in [0.1, 0.15) is 28.0 Å². The molecule has 2 fully saturated rings. The maximum atomic E-state index is 12.8. The Hall–Kier alpha value is -3.92. The number of piperidine rings is 1. The van der Waals surface area contributed by atoms with Crippen molar-refractivity contribution in [3.05, 3.63) is 58.8 Å². The summed E-state index contributed by atoms with van der Waals surface area (Å²) in [5.41, 5.74) is 9.81. The lowest BCUT2D eigenvalue weighted by Crippen LogP contribution is -2.41. The molecule has 0 saturated carbocycles. The number of carbonyl (C=O) groups excluding carboxylic acids is 2. The number of fused-ring (bicyclic) bond motifs is 2. The van der Waals surface area contributed by atoms with Gasteiger partial charge >= 0.3 is 0 Å². The standard InChI is InChI=1S/C26H27ClN8O2/c1-14-11-20(32-33(14)2)30-26(37)16-5-3-15(4-6-16)22-23-24(28)29-12-19(27)35(23)25(31-22)17-7-8-18-9-10-21(36)34(18)13-17/h3-6,11-12,17-18H,7-10,13H2,1-2H3,(H2,28,29)(H,30,32,37)/t17-,18+/m1/s1. The fourth-order valence-corrected chi connectivity index (χ4v) is 5.69. The summed E-state index contributed by atoms with van der Waals surface area (Å²) in [6.45, 7) is 2.54. The van der Waals surface area contributed by atoms with E-state index in [1.165, 1.54) is 6.20 Å². The van der Waals surface area contributed by atoms with Crippen molar-refractivity contribution in [3.8, 4) is 11.3 Å². The number of nitrogens with two attached hydrogens (primary N) is 1. The first-order valence-corrected chi connectivity index (χ1v) is 12.7. The smallest absolute Gasteiger partial charge is 0.256 e. The van der Waals surface area contributed by atoms with Crippen LogP contribution in [-0.4, -0.2) is 53.5 Å². The van der Waals surface area contributed by atoms with Gasteiger partial charge in [-0.25, -0.2) is 9.97 Å². The van der Waals surface area contributed by atoms with Crippen LogP contribution in [0, 0.1) is 6.92 Å². The number of amides is 2. The molecule has 5 heterocycles. The molecular formula is C26H27ClN8O2. The van der Waals surface area contributed by atoms with Crippen molar-refractivity contribution >= 4 is 40.6 Å². The maximum absolute atomic E-state index is 12.8. The number of hydrogen-bond acceptors (Lipinski definition) is 6. The first-order valence-electron chi connectivity index (χ1n) is 12.3. The second kappa shape index (κ2) is 8.88. The van der Waals surface area contributed by atoms with E-state index in [9.17, 15) is 9.59 Å². The van der Waals surface area contributed by atoms with Gasteiger partial charge in [-0.05, 0) is 38.3 Å². The number of aryl methyl sites for hydroxylation is 2. The molecule has 0 bridgehead atoms. The van der Waals surface area contributed by atoms with Gasteiger partial charge in [0.15, 0.2) is 5.82 Å². The van der Waals surface area contributed by atoms with Crippen LogP contribution >= 0.6 is 11.6 Å². The number of aromatic nitrogens is 5. The van der Waals surface area contributed by atoms with Gasteiger partial charge < -0.3 is 16.0 Å². The SMILES string of the molecule is Cc1cc(NC(=O)c2ccc(-c3nc([C@@H]4CC[C@H]5CCC(=O)N5C4)n4c(Cl)cnc(N)c34)cc2)nn1C. The number of rotatable bonds is 4. The van der Waals surface area contributed by atoms with Gasteiger partial charge in [-0.3, -0.25) is 18.7 Å². The van der Waals surface area contributed by atoms with E-state index in [1.54, 1.807) is 16.8 Å². The molecule has 0 unspecified atom stereocenters. The average Bonchev–Trinajstić information content (AvgIpc) is 3.57. The van der Waals surface area contributed by atoms with Gasteiger partial charge in [-0.1, -0.05) is 23.7 Å². The minimum Gasteiger partial charge on any atom is -0.382 e. The van der Waals surface area contributed by atoms with Crippen LogP contribution in [0.4, 0.5) is 11.6 Å². The molecule has 2 saturated heterocycles. The van der Waals surface area contributed by atoms with Crippen LogP contribution in [0.15, 0.2) is 36.5 Å². The number of halogens is 1. The van der Waals surface area contributed by atoms with E-state index in [0.29, 0.717) is 52.6 Å². The molecule has 2 aliphatic heterocycles. The molecule has 10 nitrogen and oxygen atoms in total. The highest BCUT2D eigenvalue weighted by atomic mass is 35.5. The molecule has 3 aromatic heterocycles. The maximum Gasteiger partial charge on any atom is 0.256 e. The number of nitrogens with zero attached hydrogens (tertiary/aromatic N) is 6. The highest BCUT2D eigenvalue weighted by Gasteiger charge is 2.38. The van der Waals surface area contributed by atoms with Gasteiger partial charge in [-0.15, -0.1) is 0 Å². The number of nitrogen functional groups attached to an aromatic ring is 1. The van der Waals surface area contributed by atoms with Crippen LogP contribution in [0.3, 0.4) is 0 Å². The second-order valence-electron chi connectivity index (χ2n) is 9.81. The Morgan fingerprint density at radius 3 is 2.70 bits per heavy atom. The van der Waals surface area contributed by atoms with Gasteiger partial charge in [0.05, 0.1) is 6.20 Å². The fourth-order valence-electron chi connectivity index (χ4n) is 5.47. The van der Waals surface area contributed by atoms with E-state index in [0.717, 1.165) is 36.3 Å². The van der Waals surface area contributed by atoms with E-state index in [4.69, 9.17) is 22.3 Å². The first-order chi connectivity index (χ1) is 17.8. The molecule has 37 heavy (non-hydrogen) atoms. The zero-order valence-electron chi connectivity index (χ0n) is 20.6. The van der Waals surface area contributed by atoms with Crippen molar-refractivity contribution in [3.63, 3.8) is 0 Å². The lowest BCUT2D eigenvalue weighted by molar-refractivity contribution is -0.130. The number of carbonyl (C=O) groups is 2. The van der Waals surface area contributed by atoms with Crippen LogP contribution in [-0.2, 0) is 11.8 Å². The molecule has 4 aromatic rings. The van der Waals surface area contributed by atoms with E-state index in [2.05, 4.69) is 15.4 Å². The van der Waals surface area contributed by atoms with Crippen molar-refractivity contribution < 1.29 is 9.59 Å². The molecule has 6 rings (SSSR count). The Balaban J connectivity index is 1.34. The normalized spacial score (nSPS) is 19.4. The van der Waals surface area contributed by atoms with E-state index >= 15 is 0 Å². The average molecular weight is 519 g/mol. The molecular weight excluding hydrogens is 492 g/mol. The highest BCUT2D eigenvalue weighted by Crippen LogP contribution is 2.39. The fraction of sp³-hybridized carbons (Fsp3) is 0.346. The van der Waals surface area contributed by atoms with Gasteiger partial charge in [-0.2, -0.15) is 5.10 Å². The third kappa shape index (κ3) is 4.01. The summed E-state index contributed by atoms with van der Waals surface area (Å²) >= 11 is 6.61. The van der Waals surface area contributed by atoms with Crippen molar-refractivity contribution in [1.82, 2.24) is 29.0 Å². The van der Waals surface area contributed by atoms with Gasteiger partial charge in [0.25, 0.3) is 5.91 Å². The number of hydrogen-bond donors (Lipinski definition) is 2. The summed E-state index contributed by atoms with van der Waals surface area (Å²) in [6, 6.07) is 9.30. The summed E-state index contributed by atoms with van der Waals surface area (Å²) in [6.07, 6.45) is 4.92. The molecule has 0 spiro atoms. The highest BCUT2D eigenvalue weighted by molar-refractivity contribution is 6.30. The summed E-state index contributed by atoms with van der Waals surface area (Å²) < 4.78 is 3.56. The summed E-state index contributed by atoms with van der Waals surface area (Å²) in [4.78, 5) is 36.4. The topological polar surface area (TPSA) is 123 Å². The predicted octanol–water partition coefficient (Wildman–Crippen LogP) is 3.79. The molecule has 3 N–H and O–H groups in total. The molecule has 1 aromatic carbocycles. The lowest BCUT2D eigenvalue weighted by atomic mass is 9.92. The summed E-state index contributed by atoms with van der Waals surface area (Å²) in [7, 11) is 1.82. The third-order valence-electron chi connectivity index (χ3n) is 7.53.